The van der Waals surface area contributed by atoms with Crippen molar-refractivity contribution in [2.45, 2.75) is 0 Å². The van der Waals surface area contributed by atoms with E-state index in [1.807, 2.05) is 59.2 Å². The minimum Gasteiger partial charge on any atom is -0.278 e. The second-order valence-corrected chi connectivity index (χ2v) is 9.66. The average Bonchev–Trinajstić information content (AvgIpc) is 3.54. The van der Waals surface area contributed by atoms with E-state index in [-0.39, 0.29) is 5.82 Å². The Kier molecular flexibility index (Phi) is 4.78. The smallest absolute Gasteiger partial charge is 0.240 e. The van der Waals surface area contributed by atoms with Crippen molar-refractivity contribution < 1.29 is 0 Å². The van der Waals surface area contributed by atoms with Gasteiger partial charge in [0.2, 0.25) is 17.7 Å². The van der Waals surface area contributed by atoms with Crippen LogP contribution in [-0.4, -0.2) is 24.1 Å². The highest BCUT2D eigenvalue weighted by Crippen LogP contribution is 2.38. The Labute approximate surface area is 229 Å². The molecular formula is C34H20N6. The van der Waals surface area contributed by atoms with Crippen molar-refractivity contribution in [1.82, 2.24) is 24.1 Å². The van der Waals surface area contributed by atoms with Gasteiger partial charge in [0, 0.05) is 27.1 Å². The SMILES string of the molecule is N#Cc1nc(-n2c3ccccc3c3ccccc32)nc(-n2c3ccccc3c3cccc(-c4ccccc4)c32)n1. The number of nitrogens with zero attached hydrogens (tertiary/aromatic N) is 6. The molecule has 6 nitrogen and oxygen atoms in total. The lowest BCUT2D eigenvalue weighted by Gasteiger charge is -2.12. The molecule has 186 valence electrons. The van der Waals surface area contributed by atoms with Crippen LogP contribution in [0, 0.1) is 11.3 Å². The highest BCUT2D eigenvalue weighted by atomic mass is 15.3. The lowest BCUT2D eigenvalue weighted by molar-refractivity contribution is 0.873. The molecule has 0 aliphatic rings. The summed E-state index contributed by atoms with van der Waals surface area (Å²) in [6.45, 7) is 0. The van der Waals surface area contributed by atoms with Crippen molar-refractivity contribution in [3.05, 3.63) is 127 Å². The van der Waals surface area contributed by atoms with Crippen LogP contribution in [0.1, 0.15) is 5.82 Å². The van der Waals surface area contributed by atoms with Gasteiger partial charge in [0.15, 0.2) is 0 Å². The number of hydrogen-bond acceptors (Lipinski definition) is 4. The Bertz CT molecular complexity index is 2230. The van der Waals surface area contributed by atoms with E-state index >= 15 is 0 Å². The molecule has 0 atom stereocenters. The third kappa shape index (κ3) is 3.19. The van der Waals surface area contributed by atoms with Gasteiger partial charge >= 0.3 is 0 Å². The van der Waals surface area contributed by atoms with Gasteiger partial charge in [0.25, 0.3) is 0 Å². The largest absolute Gasteiger partial charge is 0.278 e. The molecule has 0 bridgehead atoms. The van der Waals surface area contributed by atoms with Crippen molar-refractivity contribution in [3.63, 3.8) is 0 Å². The zero-order valence-electron chi connectivity index (χ0n) is 21.2. The molecule has 0 saturated heterocycles. The standard InChI is InChI=1S/C34H20N6/c35-21-31-36-33(39-28-18-7-4-13-24(28)25-14-5-8-19-29(25)39)38-34(37-31)40-30-20-9-6-15-26(30)27-17-10-16-23(32(27)40)22-11-2-1-3-12-22/h1-20H. The number of hydrogen-bond donors (Lipinski definition) is 0. The number of benzene rings is 5. The van der Waals surface area contributed by atoms with E-state index in [9.17, 15) is 5.26 Å². The molecular weight excluding hydrogens is 492 g/mol. The van der Waals surface area contributed by atoms with E-state index in [1.54, 1.807) is 0 Å². The molecule has 40 heavy (non-hydrogen) atoms. The van der Waals surface area contributed by atoms with Gasteiger partial charge in [0.1, 0.15) is 6.07 Å². The van der Waals surface area contributed by atoms with Crippen LogP contribution < -0.4 is 0 Å². The fourth-order valence-electron chi connectivity index (χ4n) is 5.82. The molecule has 0 aliphatic heterocycles. The Hall–Kier alpha value is -5.80. The predicted molar refractivity (Wildman–Crippen MR) is 159 cm³/mol. The van der Waals surface area contributed by atoms with Crippen LogP contribution in [0.25, 0.3) is 66.6 Å². The molecule has 3 heterocycles. The zero-order chi connectivity index (χ0) is 26.6. The maximum absolute atomic E-state index is 10.0. The predicted octanol–water partition coefficient (Wildman–Crippen LogP) is 7.60. The second-order valence-electron chi connectivity index (χ2n) is 9.66. The van der Waals surface area contributed by atoms with Crippen LogP contribution in [0.3, 0.4) is 0 Å². The normalized spacial score (nSPS) is 11.5. The van der Waals surface area contributed by atoms with Gasteiger partial charge in [-0.25, -0.2) is 0 Å². The summed E-state index contributed by atoms with van der Waals surface area (Å²) >= 11 is 0. The molecule has 0 amide bonds. The number of rotatable bonds is 3. The molecule has 0 spiro atoms. The van der Waals surface area contributed by atoms with Crippen LogP contribution in [0.15, 0.2) is 121 Å². The third-order valence-corrected chi connectivity index (χ3v) is 7.47. The lowest BCUT2D eigenvalue weighted by Crippen LogP contribution is -2.10. The fraction of sp³-hybridized carbons (Fsp3) is 0. The summed E-state index contributed by atoms with van der Waals surface area (Å²) in [6.07, 6.45) is 0. The molecule has 6 heteroatoms. The minimum atomic E-state index is 0.0602. The fourth-order valence-corrected chi connectivity index (χ4v) is 5.82. The average molecular weight is 513 g/mol. The molecule has 0 N–H and O–H groups in total. The summed E-state index contributed by atoms with van der Waals surface area (Å²) in [6, 6.07) is 43.4. The van der Waals surface area contributed by atoms with Crippen molar-refractivity contribution in [3.8, 4) is 29.1 Å². The van der Waals surface area contributed by atoms with Crippen LogP contribution in [0.5, 0.6) is 0 Å². The van der Waals surface area contributed by atoms with Crippen LogP contribution in [-0.2, 0) is 0 Å². The first-order chi connectivity index (χ1) is 19.8. The Morgan fingerprint density at radius 2 is 0.975 bits per heavy atom. The van der Waals surface area contributed by atoms with Crippen molar-refractivity contribution in [2.75, 3.05) is 0 Å². The second kappa shape index (κ2) is 8.62. The molecule has 0 saturated carbocycles. The van der Waals surface area contributed by atoms with Crippen molar-refractivity contribution >= 4 is 43.6 Å². The lowest BCUT2D eigenvalue weighted by atomic mass is 10.0. The first-order valence-electron chi connectivity index (χ1n) is 13.0. The summed E-state index contributed by atoms with van der Waals surface area (Å²) < 4.78 is 4.08. The van der Waals surface area contributed by atoms with E-state index in [0.29, 0.717) is 11.9 Å². The van der Waals surface area contributed by atoms with Gasteiger partial charge in [-0.3, -0.25) is 9.13 Å². The highest BCUT2D eigenvalue weighted by Gasteiger charge is 2.21. The third-order valence-electron chi connectivity index (χ3n) is 7.47. The first kappa shape index (κ1) is 22.2. The van der Waals surface area contributed by atoms with E-state index in [2.05, 4.69) is 87.3 Å². The molecule has 0 unspecified atom stereocenters. The van der Waals surface area contributed by atoms with E-state index in [4.69, 9.17) is 4.98 Å². The van der Waals surface area contributed by atoms with Gasteiger partial charge < -0.3 is 0 Å². The molecule has 5 aromatic carbocycles. The number of fused-ring (bicyclic) bond motifs is 6. The van der Waals surface area contributed by atoms with E-state index < -0.39 is 0 Å². The van der Waals surface area contributed by atoms with Gasteiger partial charge in [-0.1, -0.05) is 103 Å². The molecule has 8 aromatic rings. The van der Waals surface area contributed by atoms with Gasteiger partial charge in [-0.2, -0.15) is 20.2 Å². The highest BCUT2D eigenvalue weighted by molar-refractivity contribution is 6.13. The molecule has 0 aliphatic carbocycles. The monoisotopic (exact) mass is 512 g/mol. The van der Waals surface area contributed by atoms with Gasteiger partial charge in [-0.05, 0) is 23.8 Å². The Morgan fingerprint density at radius 3 is 1.60 bits per heavy atom. The maximum Gasteiger partial charge on any atom is 0.240 e. The van der Waals surface area contributed by atoms with Crippen molar-refractivity contribution in [2.24, 2.45) is 0 Å². The van der Waals surface area contributed by atoms with Crippen LogP contribution in [0.4, 0.5) is 0 Å². The van der Waals surface area contributed by atoms with Crippen molar-refractivity contribution in [1.29, 1.82) is 5.26 Å². The summed E-state index contributed by atoms with van der Waals surface area (Å²) in [4.78, 5) is 14.3. The number of aromatic nitrogens is 5. The van der Waals surface area contributed by atoms with Crippen LogP contribution in [0.2, 0.25) is 0 Å². The van der Waals surface area contributed by atoms with E-state index in [1.165, 1.54) is 0 Å². The maximum atomic E-state index is 10.0. The summed E-state index contributed by atoms with van der Waals surface area (Å²) in [5, 5.41) is 14.4. The Balaban J connectivity index is 1.50. The van der Waals surface area contributed by atoms with Gasteiger partial charge in [0.05, 0.1) is 22.1 Å². The summed E-state index contributed by atoms with van der Waals surface area (Å²) in [5.41, 5.74) is 6.04. The molecule has 0 radical (unpaired) electrons. The molecule has 8 rings (SSSR count). The van der Waals surface area contributed by atoms with E-state index in [0.717, 1.165) is 54.7 Å². The minimum absolute atomic E-state index is 0.0602. The van der Waals surface area contributed by atoms with Gasteiger partial charge in [-0.15, -0.1) is 0 Å². The number of para-hydroxylation sites is 4. The molecule has 3 aromatic heterocycles. The molecule has 0 fully saturated rings. The first-order valence-corrected chi connectivity index (χ1v) is 13.0. The summed E-state index contributed by atoms with van der Waals surface area (Å²) in [7, 11) is 0. The zero-order valence-corrected chi connectivity index (χ0v) is 21.2. The van der Waals surface area contributed by atoms with Crippen LogP contribution >= 0.6 is 0 Å². The quantitative estimate of drug-likeness (QED) is 0.244. The summed E-state index contributed by atoms with van der Waals surface area (Å²) in [5.74, 6) is 0.866. The topological polar surface area (TPSA) is 72.3 Å². The Morgan fingerprint density at radius 1 is 0.475 bits per heavy atom. The number of nitriles is 1.